The van der Waals surface area contributed by atoms with Gasteiger partial charge in [-0.1, -0.05) is 13.8 Å². The Morgan fingerprint density at radius 2 is 1.86 bits per heavy atom. The van der Waals surface area contributed by atoms with Crippen molar-refractivity contribution >= 4 is 11.9 Å². The molecule has 0 aromatic heterocycles. The lowest BCUT2D eigenvalue weighted by Crippen LogP contribution is -2.44. The number of carboxylic acid groups (broad SMARTS) is 1. The third kappa shape index (κ3) is 4.57. The van der Waals surface area contributed by atoms with Gasteiger partial charge in [-0.25, -0.2) is 4.79 Å². The molecule has 0 spiro atoms. The van der Waals surface area contributed by atoms with Crippen LogP contribution < -0.4 is 14.8 Å². The molecule has 1 aromatic rings. The number of rotatable bonds is 7. The van der Waals surface area contributed by atoms with Crippen LogP contribution in [0.25, 0.3) is 0 Å². The number of hydrogen-bond acceptors (Lipinski definition) is 4. The van der Waals surface area contributed by atoms with Gasteiger partial charge in [-0.05, 0) is 24.1 Å². The van der Waals surface area contributed by atoms with E-state index < -0.39 is 24.5 Å². The highest BCUT2D eigenvalue weighted by Gasteiger charge is 2.24. The highest BCUT2D eigenvalue weighted by molar-refractivity contribution is 5.97. The van der Waals surface area contributed by atoms with Gasteiger partial charge < -0.3 is 19.9 Å². The topological polar surface area (TPSA) is 84.9 Å². The van der Waals surface area contributed by atoms with E-state index in [4.69, 9.17) is 9.84 Å². The summed E-state index contributed by atoms with van der Waals surface area (Å²) in [5.74, 6) is -2.49. The molecule has 0 unspecified atom stereocenters. The van der Waals surface area contributed by atoms with Crippen molar-refractivity contribution in [1.29, 1.82) is 0 Å². The van der Waals surface area contributed by atoms with Crippen LogP contribution in [0.4, 0.5) is 8.78 Å². The van der Waals surface area contributed by atoms with Gasteiger partial charge in [-0.2, -0.15) is 8.78 Å². The van der Waals surface area contributed by atoms with Crippen LogP contribution in [-0.4, -0.2) is 36.7 Å². The number of aliphatic carboxylic acids is 1. The highest BCUT2D eigenvalue weighted by Crippen LogP contribution is 2.29. The molecule has 22 heavy (non-hydrogen) atoms. The highest BCUT2D eigenvalue weighted by atomic mass is 19.3. The fourth-order valence-corrected chi connectivity index (χ4v) is 1.74. The molecule has 1 aromatic carbocycles. The summed E-state index contributed by atoms with van der Waals surface area (Å²) >= 11 is 0. The first-order valence-electron chi connectivity index (χ1n) is 6.42. The lowest BCUT2D eigenvalue weighted by Gasteiger charge is -2.18. The molecule has 0 saturated heterocycles. The van der Waals surface area contributed by atoms with Gasteiger partial charge in [-0.3, -0.25) is 4.79 Å². The van der Waals surface area contributed by atoms with Crippen molar-refractivity contribution in [2.75, 3.05) is 7.11 Å². The van der Waals surface area contributed by atoms with Gasteiger partial charge in [0.25, 0.3) is 5.91 Å². The number of carbonyl (C=O) groups is 2. The summed E-state index contributed by atoms with van der Waals surface area (Å²) in [4.78, 5) is 23.1. The van der Waals surface area contributed by atoms with Gasteiger partial charge in [0.1, 0.15) is 6.04 Å². The van der Waals surface area contributed by atoms with Crippen LogP contribution in [0.1, 0.15) is 24.2 Å². The average Bonchev–Trinajstić information content (AvgIpc) is 2.43. The number of carbonyl (C=O) groups excluding carboxylic acids is 1. The first-order chi connectivity index (χ1) is 10.3. The Labute approximate surface area is 126 Å². The Kier molecular flexibility index (Phi) is 6.09. The molecular formula is C14H17F2NO5. The third-order valence-electron chi connectivity index (χ3n) is 2.86. The van der Waals surface area contributed by atoms with Crippen LogP contribution in [0.15, 0.2) is 18.2 Å². The minimum atomic E-state index is -3.07. The molecule has 2 N–H and O–H groups in total. The second-order valence-electron chi connectivity index (χ2n) is 4.78. The minimum absolute atomic E-state index is 0.0108. The predicted molar refractivity (Wildman–Crippen MR) is 73.4 cm³/mol. The number of alkyl halides is 2. The molecule has 0 bridgehead atoms. The van der Waals surface area contributed by atoms with Crippen LogP contribution in [0.2, 0.25) is 0 Å². The largest absolute Gasteiger partial charge is 0.493 e. The summed E-state index contributed by atoms with van der Waals surface area (Å²) in [6, 6.07) is 2.59. The van der Waals surface area contributed by atoms with Gasteiger partial charge >= 0.3 is 12.6 Å². The molecule has 0 aliphatic rings. The summed E-state index contributed by atoms with van der Waals surface area (Å²) < 4.78 is 33.8. The zero-order valence-corrected chi connectivity index (χ0v) is 12.3. The fraction of sp³-hybridized carbons (Fsp3) is 0.429. The monoisotopic (exact) mass is 317 g/mol. The van der Waals surface area contributed by atoms with Gasteiger partial charge in [0.2, 0.25) is 0 Å². The molecular weight excluding hydrogens is 300 g/mol. The lowest BCUT2D eigenvalue weighted by atomic mass is 10.0. The first-order valence-corrected chi connectivity index (χ1v) is 6.42. The molecule has 0 fully saturated rings. The second kappa shape index (κ2) is 7.58. The Morgan fingerprint density at radius 1 is 1.23 bits per heavy atom. The summed E-state index contributed by atoms with van der Waals surface area (Å²) in [5.41, 5.74) is -0.0108. The first kappa shape index (κ1) is 17.7. The van der Waals surface area contributed by atoms with Crippen molar-refractivity contribution < 1.29 is 33.0 Å². The maximum atomic E-state index is 12.3. The fourth-order valence-electron chi connectivity index (χ4n) is 1.74. The molecule has 0 heterocycles. The van der Waals surface area contributed by atoms with Crippen molar-refractivity contribution in [3.05, 3.63) is 23.8 Å². The zero-order chi connectivity index (χ0) is 16.9. The smallest absolute Gasteiger partial charge is 0.387 e. The Bertz CT molecular complexity index is 548. The normalized spacial score (nSPS) is 12.1. The van der Waals surface area contributed by atoms with Crippen molar-refractivity contribution in [3.8, 4) is 11.5 Å². The molecule has 0 aliphatic heterocycles. The van der Waals surface area contributed by atoms with E-state index in [0.717, 1.165) is 6.07 Å². The Hall–Kier alpha value is -2.38. The van der Waals surface area contributed by atoms with E-state index >= 15 is 0 Å². The molecule has 8 heteroatoms. The van der Waals surface area contributed by atoms with E-state index in [9.17, 15) is 18.4 Å². The molecule has 0 radical (unpaired) electrons. The zero-order valence-electron chi connectivity index (χ0n) is 12.3. The van der Waals surface area contributed by atoms with Crippen LogP contribution in [-0.2, 0) is 4.79 Å². The van der Waals surface area contributed by atoms with E-state index in [1.165, 1.54) is 19.2 Å². The number of methoxy groups -OCH3 is 1. The predicted octanol–water partition coefficient (Wildman–Crippen LogP) is 2.14. The molecule has 1 rings (SSSR count). The van der Waals surface area contributed by atoms with E-state index in [2.05, 4.69) is 10.1 Å². The quantitative estimate of drug-likeness (QED) is 0.805. The van der Waals surface area contributed by atoms with Crippen molar-refractivity contribution in [2.45, 2.75) is 26.5 Å². The number of ether oxygens (including phenoxy) is 2. The molecule has 0 saturated carbocycles. The van der Waals surface area contributed by atoms with Gasteiger partial charge in [0.15, 0.2) is 11.5 Å². The van der Waals surface area contributed by atoms with E-state index in [0.29, 0.717) is 0 Å². The molecule has 1 amide bonds. The van der Waals surface area contributed by atoms with Gasteiger partial charge in [0.05, 0.1) is 7.11 Å². The van der Waals surface area contributed by atoms with Crippen LogP contribution in [0.5, 0.6) is 11.5 Å². The number of amides is 1. The Morgan fingerprint density at radius 3 is 2.32 bits per heavy atom. The van der Waals surface area contributed by atoms with Crippen molar-refractivity contribution in [3.63, 3.8) is 0 Å². The van der Waals surface area contributed by atoms with Crippen LogP contribution in [0.3, 0.4) is 0 Å². The van der Waals surface area contributed by atoms with Crippen molar-refractivity contribution in [2.24, 2.45) is 5.92 Å². The standard InChI is InChI=1S/C14H17F2NO5/c1-7(2)11(13(19)20)17-12(18)8-4-5-9(21-3)10(6-8)22-14(15)16/h4-7,11,14H,1-3H3,(H,17,18)(H,19,20)/t11-/m0/s1. The molecule has 0 aliphatic carbocycles. The molecule has 122 valence electrons. The lowest BCUT2D eigenvalue weighted by molar-refractivity contribution is -0.140. The number of nitrogens with one attached hydrogen (secondary N) is 1. The van der Waals surface area contributed by atoms with E-state index in [1.807, 2.05) is 0 Å². The average molecular weight is 317 g/mol. The summed E-state index contributed by atoms with van der Waals surface area (Å²) in [6.45, 7) is 0.200. The summed E-state index contributed by atoms with van der Waals surface area (Å²) in [7, 11) is 1.27. The van der Waals surface area contributed by atoms with Crippen molar-refractivity contribution in [1.82, 2.24) is 5.32 Å². The van der Waals surface area contributed by atoms with Crippen LogP contribution in [0, 0.1) is 5.92 Å². The SMILES string of the molecule is COc1ccc(C(=O)N[C@H](C(=O)O)C(C)C)cc1OC(F)F. The van der Waals surface area contributed by atoms with E-state index in [-0.39, 0.29) is 23.0 Å². The second-order valence-corrected chi connectivity index (χ2v) is 4.78. The van der Waals surface area contributed by atoms with Gasteiger partial charge in [0, 0.05) is 5.56 Å². The van der Waals surface area contributed by atoms with Crippen LogP contribution >= 0.6 is 0 Å². The number of carboxylic acids is 1. The number of hydrogen-bond donors (Lipinski definition) is 2. The Balaban J connectivity index is 3.00. The number of halogens is 2. The molecule has 6 nitrogen and oxygen atoms in total. The third-order valence-corrected chi connectivity index (χ3v) is 2.86. The maximum absolute atomic E-state index is 12.3. The van der Waals surface area contributed by atoms with E-state index in [1.54, 1.807) is 13.8 Å². The number of benzene rings is 1. The maximum Gasteiger partial charge on any atom is 0.387 e. The minimum Gasteiger partial charge on any atom is -0.493 e. The molecule has 1 atom stereocenters. The van der Waals surface area contributed by atoms with Gasteiger partial charge in [-0.15, -0.1) is 0 Å². The summed E-state index contributed by atoms with van der Waals surface area (Å²) in [5, 5.41) is 11.4. The summed E-state index contributed by atoms with van der Waals surface area (Å²) in [6.07, 6.45) is 0.